The molecular formula is C11H10Br2O2. The molecule has 0 bridgehead atoms. The molecule has 1 aromatic carbocycles. The monoisotopic (exact) mass is 332 g/mol. The van der Waals surface area contributed by atoms with Gasteiger partial charge < -0.3 is 9.47 Å². The Labute approximate surface area is 106 Å². The normalized spacial score (nSPS) is 24.3. The van der Waals surface area contributed by atoms with Crippen LogP contribution >= 0.6 is 31.9 Å². The molecule has 4 heteroatoms. The van der Waals surface area contributed by atoms with Crippen molar-refractivity contribution in [2.24, 2.45) is 0 Å². The highest BCUT2D eigenvalue weighted by atomic mass is 79.9. The summed E-state index contributed by atoms with van der Waals surface area (Å²) in [4.78, 5) is 0. The largest absolute Gasteiger partial charge is 0.452 e. The van der Waals surface area contributed by atoms with E-state index in [1.165, 1.54) is 0 Å². The average Bonchev–Trinajstić information content (AvgIpc) is 2.62. The standard InChI is InChI=1S/C11H10Br2O2/c1-8-6-14-11(7-12,15-8)9-2-4-10(13)5-3-9/h2-6H,7H2,1H3/t11-/m0/s1. The van der Waals surface area contributed by atoms with Crippen LogP contribution in [0.5, 0.6) is 0 Å². The molecule has 0 radical (unpaired) electrons. The van der Waals surface area contributed by atoms with Crippen LogP contribution < -0.4 is 0 Å². The summed E-state index contributed by atoms with van der Waals surface area (Å²) in [6, 6.07) is 7.91. The number of alkyl halides is 1. The molecule has 0 saturated carbocycles. The maximum Gasteiger partial charge on any atom is 0.286 e. The lowest BCUT2D eigenvalue weighted by molar-refractivity contribution is -0.134. The molecule has 80 valence electrons. The van der Waals surface area contributed by atoms with Crippen LogP contribution in [0.3, 0.4) is 0 Å². The van der Waals surface area contributed by atoms with E-state index in [0.717, 1.165) is 15.8 Å². The molecule has 2 rings (SSSR count). The lowest BCUT2D eigenvalue weighted by Gasteiger charge is -2.26. The molecule has 1 aliphatic heterocycles. The molecular weight excluding hydrogens is 324 g/mol. The number of halogens is 2. The summed E-state index contributed by atoms with van der Waals surface area (Å²) in [5.74, 6) is 0.0856. The first-order valence-corrected chi connectivity index (χ1v) is 6.43. The van der Waals surface area contributed by atoms with Gasteiger partial charge in [-0.25, -0.2) is 0 Å². The van der Waals surface area contributed by atoms with Crippen LogP contribution in [0.4, 0.5) is 0 Å². The third-order valence-corrected chi connectivity index (χ3v) is 3.47. The van der Waals surface area contributed by atoms with E-state index >= 15 is 0 Å². The van der Waals surface area contributed by atoms with Gasteiger partial charge in [0.25, 0.3) is 5.79 Å². The molecule has 1 aliphatic rings. The third kappa shape index (κ3) is 2.06. The molecule has 1 atom stereocenters. The van der Waals surface area contributed by atoms with E-state index in [-0.39, 0.29) is 0 Å². The van der Waals surface area contributed by atoms with E-state index in [1.54, 1.807) is 6.26 Å². The zero-order chi connectivity index (χ0) is 10.9. The van der Waals surface area contributed by atoms with Gasteiger partial charge in [-0.1, -0.05) is 44.0 Å². The maximum atomic E-state index is 5.70. The van der Waals surface area contributed by atoms with Crippen LogP contribution in [0.2, 0.25) is 0 Å². The summed E-state index contributed by atoms with van der Waals surface area (Å²) in [5.41, 5.74) is 0.996. The molecule has 0 spiro atoms. The van der Waals surface area contributed by atoms with Crippen LogP contribution in [0.1, 0.15) is 12.5 Å². The minimum absolute atomic E-state index is 0.593. The van der Waals surface area contributed by atoms with Crippen LogP contribution in [-0.4, -0.2) is 5.33 Å². The van der Waals surface area contributed by atoms with Crippen molar-refractivity contribution in [1.29, 1.82) is 0 Å². The number of hydrogen-bond donors (Lipinski definition) is 0. The third-order valence-electron chi connectivity index (χ3n) is 2.20. The van der Waals surface area contributed by atoms with Crippen molar-refractivity contribution >= 4 is 31.9 Å². The Balaban J connectivity index is 2.32. The Bertz CT molecular complexity index is 386. The average molecular weight is 334 g/mol. The van der Waals surface area contributed by atoms with E-state index in [0.29, 0.717) is 5.33 Å². The lowest BCUT2D eigenvalue weighted by atomic mass is 10.1. The van der Waals surface area contributed by atoms with Crippen molar-refractivity contribution in [2.45, 2.75) is 12.7 Å². The van der Waals surface area contributed by atoms with Crippen molar-refractivity contribution < 1.29 is 9.47 Å². The van der Waals surface area contributed by atoms with E-state index in [2.05, 4.69) is 31.9 Å². The van der Waals surface area contributed by atoms with Crippen LogP contribution in [0, 0.1) is 0 Å². The van der Waals surface area contributed by atoms with Crippen molar-refractivity contribution in [3.63, 3.8) is 0 Å². The fourth-order valence-electron chi connectivity index (χ4n) is 1.45. The quantitative estimate of drug-likeness (QED) is 0.764. The van der Waals surface area contributed by atoms with Gasteiger partial charge in [0.1, 0.15) is 12.0 Å². The molecule has 0 unspecified atom stereocenters. The van der Waals surface area contributed by atoms with Crippen LogP contribution in [-0.2, 0) is 15.3 Å². The number of rotatable bonds is 2. The van der Waals surface area contributed by atoms with Crippen LogP contribution in [0.25, 0.3) is 0 Å². The summed E-state index contributed by atoms with van der Waals surface area (Å²) < 4.78 is 12.3. The molecule has 0 aromatic heterocycles. The summed E-state index contributed by atoms with van der Waals surface area (Å²) in [6.07, 6.45) is 1.64. The maximum absolute atomic E-state index is 5.70. The highest BCUT2D eigenvalue weighted by Gasteiger charge is 2.38. The fraction of sp³-hybridized carbons (Fsp3) is 0.273. The molecule has 0 fully saturated rings. The summed E-state index contributed by atoms with van der Waals surface area (Å²) in [7, 11) is 0. The molecule has 1 heterocycles. The fourth-order valence-corrected chi connectivity index (χ4v) is 2.29. The number of ether oxygens (including phenoxy) is 2. The lowest BCUT2D eigenvalue weighted by Crippen LogP contribution is -2.29. The number of benzene rings is 1. The smallest absolute Gasteiger partial charge is 0.286 e. The first-order valence-electron chi connectivity index (χ1n) is 4.52. The van der Waals surface area contributed by atoms with Gasteiger partial charge in [-0.05, 0) is 19.1 Å². The molecule has 1 aromatic rings. The van der Waals surface area contributed by atoms with Gasteiger partial charge in [0, 0.05) is 10.0 Å². The van der Waals surface area contributed by atoms with E-state index < -0.39 is 5.79 Å². The summed E-state index contributed by atoms with van der Waals surface area (Å²) in [6.45, 7) is 1.88. The second-order valence-electron chi connectivity index (χ2n) is 3.34. The van der Waals surface area contributed by atoms with Gasteiger partial charge in [-0.2, -0.15) is 0 Å². The van der Waals surface area contributed by atoms with E-state index in [1.807, 2.05) is 31.2 Å². The predicted octanol–water partition coefficient (Wildman–Crippen LogP) is 3.90. The highest BCUT2D eigenvalue weighted by molar-refractivity contribution is 9.10. The topological polar surface area (TPSA) is 18.5 Å². The SMILES string of the molecule is CC1=CO[C@](CBr)(c2ccc(Br)cc2)O1. The molecule has 15 heavy (non-hydrogen) atoms. The predicted molar refractivity (Wildman–Crippen MR) is 65.5 cm³/mol. The van der Waals surface area contributed by atoms with Gasteiger partial charge in [0.05, 0.1) is 5.33 Å². The zero-order valence-corrected chi connectivity index (χ0v) is 11.3. The molecule has 0 aliphatic carbocycles. The van der Waals surface area contributed by atoms with E-state index in [4.69, 9.17) is 9.47 Å². The van der Waals surface area contributed by atoms with Gasteiger partial charge >= 0.3 is 0 Å². The molecule has 0 saturated heterocycles. The minimum atomic E-state index is -0.704. The summed E-state index contributed by atoms with van der Waals surface area (Å²) >= 11 is 6.82. The second-order valence-corrected chi connectivity index (χ2v) is 4.82. The van der Waals surface area contributed by atoms with Crippen molar-refractivity contribution in [3.05, 3.63) is 46.3 Å². The Morgan fingerprint density at radius 2 is 1.93 bits per heavy atom. The second kappa shape index (κ2) is 4.18. The first-order chi connectivity index (χ1) is 7.16. The highest BCUT2D eigenvalue weighted by Crippen LogP contribution is 2.37. The summed E-state index contributed by atoms with van der Waals surface area (Å²) in [5, 5.41) is 0.593. The Hall–Kier alpha value is -0.480. The van der Waals surface area contributed by atoms with Crippen molar-refractivity contribution in [1.82, 2.24) is 0 Å². The van der Waals surface area contributed by atoms with Crippen molar-refractivity contribution in [2.75, 3.05) is 5.33 Å². The van der Waals surface area contributed by atoms with Gasteiger partial charge in [-0.3, -0.25) is 0 Å². The Kier molecular flexibility index (Phi) is 3.07. The van der Waals surface area contributed by atoms with Gasteiger partial charge in [0.2, 0.25) is 0 Å². The van der Waals surface area contributed by atoms with Gasteiger partial charge in [0.15, 0.2) is 0 Å². The molecule has 0 N–H and O–H groups in total. The Morgan fingerprint density at radius 3 is 2.40 bits per heavy atom. The number of hydrogen-bond acceptors (Lipinski definition) is 2. The Morgan fingerprint density at radius 1 is 1.27 bits per heavy atom. The minimum Gasteiger partial charge on any atom is -0.452 e. The van der Waals surface area contributed by atoms with E-state index in [9.17, 15) is 0 Å². The van der Waals surface area contributed by atoms with Crippen LogP contribution in [0.15, 0.2) is 40.8 Å². The van der Waals surface area contributed by atoms with Crippen molar-refractivity contribution in [3.8, 4) is 0 Å². The number of allylic oxidation sites excluding steroid dienone is 1. The molecule has 0 amide bonds. The molecule has 2 nitrogen and oxygen atoms in total. The first kappa shape index (κ1) is 11.0. The zero-order valence-electron chi connectivity index (χ0n) is 8.17. The van der Waals surface area contributed by atoms with Gasteiger partial charge in [-0.15, -0.1) is 0 Å².